The van der Waals surface area contributed by atoms with E-state index in [4.69, 9.17) is 0 Å². The highest BCUT2D eigenvalue weighted by molar-refractivity contribution is 4.89. The van der Waals surface area contributed by atoms with Crippen LogP contribution in [0, 0.1) is 0 Å². The van der Waals surface area contributed by atoms with Crippen LogP contribution in [0.15, 0.2) is 24.8 Å². The molecular formula is C14H26N4. The topological polar surface area (TPSA) is 13.0 Å². The number of unbranched alkanes of at least 4 members (excludes halogenated alkanes) is 3. The Morgan fingerprint density at radius 2 is 1.11 bits per heavy atom. The third kappa shape index (κ3) is 4.17. The van der Waals surface area contributed by atoms with Crippen LogP contribution >= 0.6 is 0 Å². The van der Waals surface area contributed by atoms with Crippen LogP contribution in [0.2, 0.25) is 0 Å². The first-order valence-electron chi connectivity index (χ1n) is 6.99. The van der Waals surface area contributed by atoms with E-state index < -0.39 is 0 Å². The zero-order valence-electron chi connectivity index (χ0n) is 11.8. The highest BCUT2D eigenvalue weighted by atomic mass is 15.3. The van der Waals surface area contributed by atoms with Crippen LogP contribution in [-0.4, -0.2) is 60.1 Å². The monoisotopic (exact) mass is 250 g/mol. The number of hydrogen-bond donors (Lipinski definition) is 0. The molecule has 4 heteroatoms. The minimum atomic E-state index is 1.06. The van der Waals surface area contributed by atoms with Gasteiger partial charge in [0, 0.05) is 52.0 Å². The van der Waals surface area contributed by atoms with Crippen LogP contribution in [0.4, 0.5) is 0 Å². The lowest BCUT2D eigenvalue weighted by molar-refractivity contribution is 0.281. The van der Waals surface area contributed by atoms with Crippen molar-refractivity contribution in [1.29, 1.82) is 0 Å². The van der Waals surface area contributed by atoms with Crippen molar-refractivity contribution in [3.8, 4) is 0 Å². The Labute approximate surface area is 111 Å². The molecule has 102 valence electrons. The van der Waals surface area contributed by atoms with Crippen molar-refractivity contribution >= 4 is 0 Å². The van der Waals surface area contributed by atoms with E-state index in [0.717, 1.165) is 13.3 Å². The van der Waals surface area contributed by atoms with Crippen LogP contribution in [0.1, 0.15) is 25.7 Å². The first kappa shape index (κ1) is 13.1. The van der Waals surface area contributed by atoms with Gasteiger partial charge in [-0.15, -0.1) is 0 Å². The summed E-state index contributed by atoms with van der Waals surface area (Å²) in [5, 5.41) is 0. The first-order chi connectivity index (χ1) is 8.74. The molecule has 0 spiro atoms. The maximum Gasteiger partial charge on any atom is 0.0890 e. The summed E-state index contributed by atoms with van der Waals surface area (Å²) >= 11 is 0. The number of nitrogens with zero attached hydrogens (tertiary/aromatic N) is 4. The van der Waals surface area contributed by atoms with Crippen LogP contribution in [0.5, 0.6) is 0 Å². The van der Waals surface area contributed by atoms with E-state index in [0.29, 0.717) is 0 Å². The number of rotatable bonds is 7. The Balaban J connectivity index is 1.42. The van der Waals surface area contributed by atoms with Crippen molar-refractivity contribution in [2.75, 3.05) is 40.5 Å². The van der Waals surface area contributed by atoms with Gasteiger partial charge in [0.25, 0.3) is 0 Å². The molecule has 0 aromatic heterocycles. The average molecular weight is 250 g/mol. The number of hydrogen-bond acceptors (Lipinski definition) is 4. The summed E-state index contributed by atoms with van der Waals surface area (Å²) in [7, 11) is 4.24. The van der Waals surface area contributed by atoms with Crippen LogP contribution in [0.25, 0.3) is 0 Å². The van der Waals surface area contributed by atoms with Crippen LogP contribution in [-0.2, 0) is 0 Å². The molecule has 0 atom stereocenters. The summed E-state index contributed by atoms with van der Waals surface area (Å²) in [4.78, 5) is 9.21. The van der Waals surface area contributed by atoms with E-state index in [1.807, 2.05) is 0 Å². The smallest absolute Gasteiger partial charge is 0.0890 e. The van der Waals surface area contributed by atoms with Crippen molar-refractivity contribution in [2.24, 2.45) is 0 Å². The SMILES string of the molecule is CN1C=CN(CCCCCCN2C=CN(C)C2)C1. The molecule has 2 heterocycles. The first-order valence-corrected chi connectivity index (χ1v) is 6.99. The third-order valence-electron chi connectivity index (χ3n) is 3.51. The Kier molecular flexibility index (Phi) is 4.79. The normalized spacial score (nSPS) is 18.6. The molecule has 0 aromatic rings. The molecule has 0 bridgehead atoms. The molecule has 0 saturated heterocycles. The lowest BCUT2D eigenvalue weighted by Crippen LogP contribution is -2.24. The van der Waals surface area contributed by atoms with E-state index in [9.17, 15) is 0 Å². The molecule has 0 radical (unpaired) electrons. The van der Waals surface area contributed by atoms with Crippen LogP contribution < -0.4 is 0 Å². The molecule has 0 N–H and O–H groups in total. The second kappa shape index (κ2) is 6.57. The largest absolute Gasteiger partial charge is 0.362 e. The van der Waals surface area contributed by atoms with Gasteiger partial charge in [-0.1, -0.05) is 12.8 Å². The van der Waals surface area contributed by atoms with Gasteiger partial charge in [0.15, 0.2) is 0 Å². The van der Waals surface area contributed by atoms with Gasteiger partial charge in [-0.05, 0) is 12.8 Å². The summed E-state index contributed by atoms with van der Waals surface area (Å²) in [6.45, 7) is 4.52. The van der Waals surface area contributed by atoms with Crippen molar-refractivity contribution in [3.05, 3.63) is 24.8 Å². The van der Waals surface area contributed by atoms with Gasteiger partial charge in [0.2, 0.25) is 0 Å². The van der Waals surface area contributed by atoms with E-state index in [1.54, 1.807) is 0 Å². The second-order valence-corrected chi connectivity index (χ2v) is 5.43. The summed E-state index contributed by atoms with van der Waals surface area (Å²) in [5.41, 5.74) is 0. The third-order valence-corrected chi connectivity index (χ3v) is 3.51. The minimum absolute atomic E-state index is 1.06. The molecule has 0 fully saturated rings. The second-order valence-electron chi connectivity index (χ2n) is 5.43. The maximum atomic E-state index is 2.39. The van der Waals surface area contributed by atoms with Gasteiger partial charge in [-0.3, -0.25) is 0 Å². The zero-order chi connectivity index (χ0) is 12.8. The molecule has 4 nitrogen and oxygen atoms in total. The fourth-order valence-electron chi connectivity index (χ4n) is 2.45. The van der Waals surface area contributed by atoms with E-state index in [2.05, 4.69) is 58.5 Å². The van der Waals surface area contributed by atoms with Gasteiger partial charge in [0.1, 0.15) is 0 Å². The Hall–Kier alpha value is -1.32. The molecule has 0 aliphatic carbocycles. The van der Waals surface area contributed by atoms with Gasteiger partial charge >= 0.3 is 0 Å². The van der Waals surface area contributed by atoms with E-state index >= 15 is 0 Å². The van der Waals surface area contributed by atoms with E-state index in [1.165, 1.54) is 38.8 Å². The predicted molar refractivity (Wildman–Crippen MR) is 75.4 cm³/mol. The highest BCUT2D eigenvalue weighted by Crippen LogP contribution is 2.09. The van der Waals surface area contributed by atoms with Gasteiger partial charge in [-0.2, -0.15) is 0 Å². The molecule has 2 aliphatic rings. The van der Waals surface area contributed by atoms with Gasteiger partial charge < -0.3 is 19.6 Å². The van der Waals surface area contributed by atoms with E-state index in [-0.39, 0.29) is 0 Å². The Bertz CT molecular complexity index is 270. The maximum absolute atomic E-state index is 2.39. The van der Waals surface area contributed by atoms with Gasteiger partial charge in [-0.25, -0.2) is 0 Å². The summed E-state index contributed by atoms with van der Waals surface area (Å²) < 4.78 is 0. The zero-order valence-corrected chi connectivity index (χ0v) is 11.8. The van der Waals surface area contributed by atoms with Crippen molar-refractivity contribution in [1.82, 2.24) is 19.6 Å². The molecule has 0 amide bonds. The standard InChI is InChI=1S/C14H26N4/c1-15-9-11-17(13-15)7-5-3-4-6-8-18-12-10-16(2)14-18/h9-12H,3-8,13-14H2,1-2H3. The summed E-state index contributed by atoms with van der Waals surface area (Å²) in [6.07, 6.45) is 14.0. The Morgan fingerprint density at radius 3 is 1.44 bits per heavy atom. The van der Waals surface area contributed by atoms with Crippen molar-refractivity contribution in [2.45, 2.75) is 25.7 Å². The molecule has 0 aromatic carbocycles. The predicted octanol–water partition coefficient (Wildman–Crippen LogP) is 1.90. The lowest BCUT2D eigenvalue weighted by atomic mass is 10.2. The van der Waals surface area contributed by atoms with Crippen LogP contribution in [0.3, 0.4) is 0 Å². The fraction of sp³-hybridized carbons (Fsp3) is 0.714. The molecular weight excluding hydrogens is 224 g/mol. The molecule has 2 rings (SSSR count). The minimum Gasteiger partial charge on any atom is -0.362 e. The lowest BCUT2D eigenvalue weighted by Gasteiger charge is -2.19. The molecule has 2 aliphatic heterocycles. The average Bonchev–Trinajstić information content (AvgIpc) is 2.93. The summed E-state index contributed by atoms with van der Waals surface area (Å²) in [6, 6.07) is 0. The quantitative estimate of drug-likeness (QED) is 0.640. The highest BCUT2D eigenvalue weighted by Gasteiger charge is 2.08. The van der Waals surface area contributed by atoms with Crippen molar-refractivity contribution < 1.29 is 0 Å². The Morgan fingerprint density at radius 1 is 0.667 bits per heavy atom. The van der Waals surface area contributed by atoms with Gasteiger partial charge in [0.05, 0.1) is 13.3 Å². The summed E-state index contributed by atoms with van der Waals surface area (Å²) in [5.74, 6) is 0. The molecule has 0 saturated carbocycles. The fourth-order valence-corrected chi connectivity index (χ4v) is 2.45. The van der Waals surface area contributed by atoms with Crippen molar-refractivity contribution in [3.63, 3.8) is 0 Å². The molecule has 18 heavy (non-hydrogen) atoms. The molecule has 0 unspecified atom stereocenters.